The average molecular weight is 416 g/mol. The summed E-state index contributed by atoms with van der Waals surface area (Å²) >= 11 is 0. The molecule has 0 saturated carbocycles. The van der Waals surface area contributed by atoms with Crippen LogP contribution in [0.15, 0.2) is 66.7 Å². The number of benzene rings is 3. The maximum absolute atomic E-state index is 14.9. The van der Waals surface area contributed by atoms with Crippen LogP contribution in [-0.4, -0.2) is 6.61 Å². The monoisotopic (exact) mass is 415 g/mol. The van der Waals surface area contributed by atoms with E-state index >= 15 is 0 Å². The standard InChI is InChI=1S/C28H30FNO/c1-2-3-4-5-6-7-8-18-31-25-15-10-14-24(20-25)28-26(16-11-17-27(28)29)23-13-9-12-22(19-23)21-30/h9-17,19-20H,2-8,18H2,1H3. The Balaban J connectivity index is 1.72. The summed E-state index contributed by atoms with van der Waals surface area (Å²) in [6.45, 7) is 2.90. The number of nitrogens with zero attached hydrogens (tertiary/aromatic N) is 1. The average Bonchev–Trinajstić information content (AvgIpc) is 2.81. The van der Waals surface area contributed by atoms with E-state index < -0.39 is 0 Å². The molecule has 0 N–H and O–H groups in total. The Kier molecular flexibility index (Phi) is 8.67. The van der Waals surface area contributed by atoms with Crippen molar-refractivity contribution >= 4 is 0 Å². The summed E-state index contributed by atoms with van der Waals surface area (Å²) in [5.41, 5.74) is 3.44. The number of rotatable bonds is 11. The summed E-state index contributed by atoms with van der Waals surface area (Å²) in [6, 6.07) is 22.1. The summed E-state index contributed by atoms with van der Waals surface area (Å²) < 4.78 is 20.9. The van der Waals surface area contributed by atoms with Gasteiger partial charge in [-0.25, -0.2) is 4.39 Å². The second kappa shape index (κ2) is 11.9. The van der Waals surface area contributed by atoms with Gasteiger partial charge in [-0.2, -0.15) is 5.26 Å². The van der Waals surface area contributed by atoms with E-state index in [1.807, 2.05) is 42.5 Å². The number of ether oxygens (including phenoxy) is 1. The van der Waals surface area contributed by atoms with Crippen LogP contribution in [-0.2, 0) is 0 Å². The van der Waals surface area contributed by atoms with Crippen LogP contribution in [0.3, 0.4) is 0 Å². The van der Waals surface area contributed by atoms with E-state index in [0.717, 1.165) is 28.9 Å². The fourth-order valence-electron chi connectivity index (χ4n) is 3.80. The lowest BCUT2D eigenvalue weighted by Crippen LogP contribution is -1.98. The van der Waals surface area contributed by atoms with Gasteiger partial charge in [-0.05, 0) is 53.4 Å². The third kappa shape index (κ3) is 6.43. The molecule has 2 nitrogen and oxygen atoms in total. The summed E-state index contributed by atoms with van der Waals surface area (Å²) in [7, 11) is 0. The molecule has 0 spiro atoms. The highest BCUT2D eigenvalue weighted by molar-refractivity contribution is 5.84. The largest absolute Gasteiger partial charge is 0.494 e. The molecule has 0 radical (unpaired) electrons. The molecule has 0 aromatic heterocycles. The van der Waals surface area contributed by atoms with Gasteiger partial charge in [0.25, 0.3) is 0 Å². The zero-order valence-corrected chi connectivity index (χ0v) is 18.2. The fraction of sp³-hybridized carbons (Fsp3) is 0.321. The lowest BCUT2D eigenvalue weighted by Gasteiger charge is -2.13. The van der Waals surface area contributed by atoms with Gasteiger partial charge < -0.3 is 4.74 Å². The van der Waals surface area contributed by atoms with E-state index in [4.69, 9.17) is 4.74 Å². The first kappa shape index (κ1) is 22.6. The Morgan fingerprint density at radius 2 is 1.52 bits per heavy atom. The molecule has 3 aromatic rings. The third-order valence-corrected chi connectivity index (χ3v) is 5.46. The molecule has 0 atom stereocenters. The molecule has 3 rings (SSSR count). The van der Waals surface area contributed by atoms with Crippen LogP contribution in [0, 0.1) is 17.1 Å². The summed E-state index contributed by atoms with van der Waals surface area (Å²) in [5.74, 6) is 0.465. The second-order valence-electron chi connectivity index (χ2n) is 7.85. The molecule has 0 heterocycles. The maximum atomic E-state index is 14.9. The number of hydrogen-bond donors (Lipinski definition) is 0. The number of hydrogen-bond acceptors (Lipinski definition) is 2. The minimum atomic E-state index is -0.288. The molecule has 0 aliphatic carbocycles. The highest BCUT2D eigenvalue weighted by Crippen LogP contribution is 2.36. The summed E-state index contributed by atoms with van der Waals surface area (Å²) in [6.07, 6.45) is 8.67. The van der Waals surface area contributed by atoms with Crippen LogP contribution in [0.25, 0.3) is 22.3 Å². The lowest BCUT2D eigenvalue weighted by atomic mass is 9.93. The molecule has 0 unspecified atom stereocenters. The van der Waals surface area contributed by atoms with E-state index in [1.54, 1.807) is 18.2 Å². The van der Waals surface area contributed by atoms with Gasteiger partial charge in [0.1, 0.15) is 11.6 Å². The predicted molar refractivity (Wildman–Crippen MR) is 125 cm³/mol. The Labute approximate surface area is 185 Å². The highest BCUT2D eigenvalue weighted by Gasteiger charge is 2.13. The fourth-order valence-corrected chi connectivity index (χ4v) is 3.80. The van der Waals surface area contributed by atoms with Crippen LogP contribution in [0.1, 0.15) is 57.4 Å². The van der Waals surface area contributed by atoms with Crippen molar-refractivity contribution in [2.45, 2.75) is 51.9 Å². The summed E-state index contributed by atoms with van der Waals surface area (Å²) in [4.78, 5) is 0. The first-order chi connectivity index (χ1) is 15.2. The molecule has 31 heavy (non-hydrogen) atoms. The molecule has 0 fully saturated rings. The van der Waals surface area contributed by atoms with Crippen molar-refractivity contribution in [2.75, 3.05) is 6.61 Å². The molecule has 3 aromatic carbocycles. The van der Waals surface area contributed by atoms with Gasteiger partial charge in [-0.15, -0.1) is 0 Å². The molecule has 160 valence electrons. The van der Waals surface area contributed by atoms with Crippen LogP contribution >= 0.6 is 0 Å². The van der Waals surface area contributed by atoms with E-state index in [1.165, 1.54) is 44.6 Å². The Morgan fingerprint density at radius 3 is 2.32 bits per heavy atom. The van der Waals surface area contributed by atoms with Gasteiger partial charge in [0.05, 0.1) is 18.2 Å². The first-order valence-corrected chi connectivity index (χ1v) is 11.2. The number of unbranched alkanes of at least 4 members (excludes halogenated alkanes) is 6. The minimum Gasteiger partial charge on any atom is -0.494 e. The van der Waals surface area contributed by atoms with Gasteiger partial charge in [-0.3, -0.25) is 0 Å². The van der Waals surface area contributed by atoms with Crippen LogP contribution in [0.4, 0.5) is 4.39 Å². The van der Waals surface area contributed by atoms with Gasteiger partial charge in [-0.1, -0.05) is 81.8 Å². The van der Waals surface area contributed by atoms with Crippen molar-refractivity contribution in [3.05, 3.63) is 78.1 Å². The number of halogens is 1. The molecule has 3 heteroatoms. The Morgan fingerprint density at radius 1 is 0.806 bits per heavy atom. The SMILES string of the molecule is CCCCCCCCCOc1cccc(-c2c(F)cccc2-c2cccc(C#N)c2)c1. The zero-order chi connectivity index (χ0) is 21.9. The van der Waals surface area contributed by atoms with E-state index in [9.17, 15) is 9.65 Å². The lowest BCUT2D eigenvalue weighted by molar-refractivity contribution is 0.304. The van der Waals surface area contributed by atoms with Crippen molar-refractivity contribution < 1.29 is 9.13 Å². The smallest absolute Gasteiger partial charge is 0.131 e. The zero-order valence-electron chi connectivity index (χ0n) is 18.2. The van der Waals surface area contributed by atoms with Crippen LogP contribution in [0.2, 0.25) is 0 Å². The normalized spacial score (nSPS) is 10.6. The van der Waals surface area contributed by atoms with Crippen molar-refractivity contribution in [1.29, 1.82) is 5.26 Å². The van der Waals surface area contributed by atoms with Gasteiger partial charge in [0, 0.05) is 5.56 Å². The molecule has 0 aliphatic heterocycles. The quantitative estimate of drug-likeness (QED) is 0.296. The maximum Gasteiger partial charge on any atom is 0.131 e. The minimum absolute atomic E-state index is 0.288. The second-order valence-corrected chi connectivity index (χ2v) is 7.85. The van der Waals surface area contributed by atoms with Gasteiger partial charge >= 0.3 is 0 Å². The summed E-state index contributed by atoms with van der Waals surface area (Å²) in [5, 5.41) is 9.22. The van der Waals surface area contributed by atoms with E-state index in [-0.39, 0.29) is 5.82 Å². The molecule has 0 bridgehead atoms. The highest BCUT2D eigenvalue weighted by atomic mass is 19.1. The predicted octanol–water partition coefficient (Wildman–Crippen LogP) is 8.16. The number of nitriles is 1. The van der Waals surface area contributed by atoms with E-state index in [2.05, 4.69) is 13.0 Å². The molecule has 0 amide bonds. The van der Waals surface area contributed by atoms with E-state index in [0.29, 0.717) is 17.7 Å². The molecular weight excluding hydrogens is 385 g/mol. The van der Waals surface area contributed by atoms with Crippen molar-refractivity contribution in [3.63, 3.8) is 0 Å². The van der Waals surface area contributed by atoms with Crippen molar-refractivity contribution in [2.24, 2.45) is 0 Å². The Bertz CT molecular complexity index is 1020. The molecular formula is C28H30FNO. The van der Waals surface area contributed by atoms with Gasteiger partial charge in [0.15, 0.2) is 0 Å². The molecule has 0 aliphatic rings. The van der Waals surface area contributed by atoms with Crippen LogP contribution < -0.4 is 4.74 Å². The van der Waals surface area contributed by atoms with Gasteiger partial charge in [0.2, 0.25) is 0 Å². The Hall–Kier alpha value is -3.12. The third-order valence-electron chi connectivity index (χ3n) is 5.46. The van der Waals surface area contributed by atoms with Crippen molar-refractivity contribution in [1.82, 2.24) is 0 Å². The van der Waals surface area contributed by atoms with Crippen LogP contribution in [0.5, 0.6) is 5.75 Å². The van der Waals surface area contributed by atoms with Crippen molar-refractivity contribution in [3.8, 4) is 34.1 Å². The molecule has 0 saturated heterocycles. The first-order valence-electron chi connectivity index (χ1n) is 11.2. The topological polar surface area (TPSA) is 33.0 Å².